The number of nitrogens with zero attached hydrogens (tertiary/aromatic N) is 2. The molecule has 0 aliphatic heterocycles. The molecule has 94 valence electrons. The van der Waals surface area contributed by atoms with Crippen LogP contribution in [-0.4, -0.2) is 22.5 Å². The lowest BCUT2D eigenvalue weighted by Gasteiger charge is -2.00. The van der Waals surface area contributed by atoms with Gasteiger partial charge >= 0.3 is 5.97 Å². The van der Waals surface area contributed by atoms with Gasteiger partial charge in [-0.3, -0.25) is 4.79 Å². The highest BCUT2D eigenvalue weighted by molar-refractivity contribution is 7.16. The van der Waals surface area contributed by atoms with Crippen molar-refractivity contribution < 1.29 is 9.53 Å². The van der Waals surface area contributed by atoms with Gasteiger partial charge in [0.2, 0.25) is 5.82 Å². The van der Waals surface area contributed by atoms with E-state index in [4.69, 9.17) is 10.3 Å². The lowest BCUT2D eigenvalue weighted by Crippen LogP contribution is -2.17. The van der Waals surface area contributed by atoms with Gasteiger partial charge in [-0.2, -0.15) is 5.11 Å². The molecule has 0 unspecified atom stereocenters. The predicted octanol–water partition coefficient (Wildman–Crippen LogP) is 1.69. The van der Waals surface area contributed by atoms with E-state index in [1.807, 2.05) is 0 Å². The number of aromatic nitrogens is 2. The number of hydrogen-bond donors (Lipinski definition) is 2. The molecule has 0 spiro atoms. The number of ether oxygens (including phenoxy) is 1. The highest BCUT2D eigenvalue weighted by atomic mass is 32.1. The number of H-pyrrole nitrogens is 1. The van der Waals surface area contributed by atoms with Crippen LogP contribution in [0.3, 0.4) is 0 Å². The summed E-state index contributed by atoms with van der Waals surface area (Å²) in [6.07, 6.45) is 0. The standard InChI is InChI=1S/C10H10N4O3S/c1-2-17-10(16)7-13-8(15)6-5(3-12-11)4-18-9(6)14-7/h4,11H,2-3H2,1H3,(H,13,14,15). The third-order valence-corrected chi connectivity index (χ3v) is 3.16. The Kier molecular flexibility index (Phi) is 3.47. The van der Waals surface area contributed by atoms with E-state index in [0.717, 1.165) is 0 Å². The average Bonchev–Trinajstić information content (AvgIpc) is 2.74. The van der Waals surface area contributed by atoms with Crippen molar-refractivity contribution >= 4 is 27.5 Å². The van der Waals surface area contributed by atoms with E-state index in [0.29, 0.717) is 15.8 Å². The Morgan fingerprint density at radius 2 is 2.44 bits per heavy atom. The summed E-state index contributed by atoms with van der Waals surface area (Å²) < 4.78 is 4.77. The van der Waals surface area contributed by atoms with Crippen molar-refractivity contribution in [1.29, 1.82) is 5.53 Å². The van der Waals surface area contributed by atoms with E-state index in [2.05, 4.69) is 15.1 Å². The number of thiophene rings is 1. The van der Waals surface area contributed by atoms with Crippen LogP contribution in [0, 0.1) is 5.53 Å². The largest absolute Gasteiger partial charge is 0.460 e. The summed E-state index contributed by atoms with van der Waals surface area (Å²) in [5, 5.41) is 5.33. The van der Waals surface area contributed by atoms with E-state index in [-0.39, 0.29) is 19.0 Å². The smallest absolute Gasteiger partial charge is 0.374 e. The van der Waals surface area contributed by atoms with Crippen molar-refractivity contribution in [3.05, 3.63) is 27.1 Å². The minimum atomic E-state index is -0.656. The molecule has 2 aromatic rings. The van der Waals surface area contributed by atoms with E-state index in [1.165, 1.54) is 11.3 Å². The molecule has 0 aliphatic rings. The Balaban J connectivity index is 2.54. The molecular formula is C10H10N4O3S. The fraction of sp³-hybridized carbons (Fsp3) is 0.300. The maximum Gasteiger partial charge on any atom is 0.374 e. The molecule has 2 heterocycles. The molecule has 18 heavy (non-hydrogen) atoms. The molecule has 2 aromatic heterocycles. The summed E-state index contributed by atoms with van der Waals surface area (Å²) >= 11 is 1.24. The first-order chi connectivity index (χ1) is 8.67. The SMILES string of the molecule is CCOC(=O)c1nc2scc(CN=N)c2c(=O)[nH]1. The number of carbonyl (C=O) groups is 1. The van der Waals surface area contributed by atoms with Crippen molar-refractivity contribution in [2.45, 2.75) is 13.5 Å². The van der Waals surface area contributed by atoms with Crippen molar-refractivity contribution in [2.24, 2.45) is 5.11 Å². The van der Waals surface area contributed by atoms with Crippen LogP contribution < -0.4 is 5.56 Å². The number of carbonyl (C=O) groups excluding carboxylic acids is 1. The molecule has 0 atom stereocenters. The van der Waals surface area contributed by atoms with Crippen LogP contribution in [0.25, 0.3) is 10.2 Å². The van der Waals surface area contributed by atoms with Gasteiger partial charge in [-0.25, -0.2) is 15.3 Å². The highest BCUT2D eigenvalue weighted by Crippen LogP contribution is 2.21. The molecule has 0 aliphatic carbocycles. The summed E-state index contributed by atoms with van der Waals surface area (Å²) in [5.41, 5.74) is 7.03. The van der Waals surface area contributed by atoms with Gasteiger partial charge in [0.05, 0.1) is 18.5 Å². The Morgan fingerprint density at radius 3 is 3.11 bits per heavy atom. The number of nitrogens with one attached hydrogen (secondary N) is 2. The molecule has 8 heteroatoms. The lowest BCUT2D eigenvalue weighted by molar-refractivity contribution is 0.0512. The van der Waals surface area contributed by atoms with Crippen molar-refractivity contribution in [3.8, 4) is 0 Å². The first-order valence-corrected chi connectivity index (χ1v) is 6.06. The fourth-order valence-electron chi connectivity index (χ4n) is 1.50. The Labute approximate surface area is 105 Å². The zero-order valence-corrected chi connectivity index (χ0v) is 10.3. The molecular weight excluding hydrogens is 256 g/mol. The van der Waals surface area contributed by atoms with Gasteiger partial charge in [0.25, 0.3) is 5.56 Å². The zero-order chi connectivity index (χ0) is 13.1. The van der Waals surface area contributed by atoms with Gasteiger partial charge < -0.3 is 9.72 Å². The second kappa shape index (κ2) is 5.05. The van der Waals surface area contributed by atoms with Crippen LogP contribution in [0.1, 0.15) is 23.1 Å². The van der Waals surface area contributed by atoms with Gasteiger partial charge in [-0.15, -0.1) is 11.3 Å². The summed E-state index contributed by atoms with van der Waals surface area (Å²) in [6.45, 7) is 2.02. The molecule has 0 radical (unpaired) electrons. The highest BCUT2D eigenvalue weighted by Gasteiger charge is 2.15. The minimum absolute atomic E-state index is 0.106. The lowest BCUT2D eigenvalue weighted by atomic mass is 10.2. The van der Waals surface area contributed by atoms with E-state index in [9.17, 15) is 9.59 Å². The van der Waals surface area contributed by atoms with Crippen molar-refractivity contribution in [2.75, 3.05) is 6.61 Å². The molecule has 2 N–H and O–H groups in total. The van der Waals surface area contributed by atoms with Gasteiger partial charge in [-0.1, -0.05) is 0 Å². The van der Waals surface area contributed by atoms with Crippen LogP contribution >= 0.6 is 11.3 Å². The quantitative estimate of drug-likeness (QED) is 0.648. The van der Waals surface area contributed by atoms with Crippen LogP contribution in [-0.2, 0) is 11.3 Å². The molecule has 2 rings (SSSR count). The maximum atomic E-state index is 11.9. The van der Waals surface area contributed by atoms with Gasteiger partial charge in [0, 0.05) is 5.56 Å². The van der Waals surface area contributed by atoms with Crippen LogP contribution in [0.4, 0.5) is 0 Å². The van der Waals surface area contributed by atoms with Crippen LogP contribution in [0.2, 0.25) is 0 Å². The van der Waals surface area contributed by atoms with Crippen LogP contribution in [0.15, 0.2) is 15.3 Å². The molecule has 0 saturated carbocycles. The Hall–Kier alpha value is -2.09. The Bertz CT molecular complexity index is 661. The first-order valence-electron chi connectivity index (χ1n) is 5.18. The van der Waals surface area contributed by atoms with Gasteiger partial charge in [0.15, 0.2) is 0 Å². The first kappa shape index (κ1) is 12.4. The van der Waals surface area contributed by atoms with E-state index >= 15 is 0 Å². The van der Waals surface area contributed by atoms with Crippen LogP contribution in [0.5, 0.6) is 0 Å². The monoisotopic (exact) mass is 266 g/mol. The number of fused-ring (bicyclic) bond motifs is 1. The molecule has 0 amide bonds. The van der Waals surface area contributed by atoms with Gasteiger partial charge in [0.1, 0.15) is 4.83 Å². The number of esters is 1. The predicted molar refractivity (Wildman–Crippen MR) is 65.0 cm³/mol. The summed E-state index contributed by atoms with van der Waals surface area (Å²) in [6, 6.07) is 0. The molecule has 0 aromatic carbocycles. The van der Waals surface area contributed by atoms with Gasteiger partial charge in [-0.05, 0) is 12.3 Å². The third kappa shape index (κ3) is 2.14. The number of hydrogen-bond acceptors (Lipinski definition) is 7. The fourth-order valence-corrected chi connectivity index (χ4v) is 2.44. The number of aromatic amines is 1. The second-order valence-corrected chi connectivity index (χ2v) is 4.25. The van der Waals surface area contributed by atoms with Crippen molar-refractivity contribution in [3.63, 3.8) is 0 Å². The molecule has 7 nitrogen and oxygen atoms in total. The third-order valence-electron chi connectivity index (χ3n) is 2.24. The van der Waals surface area contributed by atoms with E-state index < -0.39 is 11.5 Å². The average molecular weight is 266 g/mol. The zero-order valence-electron chi connectivity index (χ0n) is 9.52. The normalized spacial score (nSPS) is 10.5. The molecule has 0 fully saturated rings. The minimum Gasteiger partial charge on any atom is -0.460 e. The topological polar surface area (TPSA) is 108 Å². The molecule has 0 bridgehead atoms. The van der Waals surface area contributed by atoms with E-state index in [1.54, 1.807) is 12.3 Å². The summed E-state index contributed by atoms with van der Waals surface area (Å²) in [7, 11) is 0. The summed E-state index contributed by atoms with van der Waals surface area (Å²) in [4.78, 5) is 30.2. The Morgan fingerprint density at radius 1 is 1.67 bits per heavy atom. The number of rotatable bonds is 4. The summed E-state index contributed by atoms with van der Waals surface area (Å²) in [5.74, 6) is -0.762. The van der Waals surface area contributed by atoms with Crippen molar-refractivity contribution in [1.82, 2.24) is 9.97 Å². The molecule has 0 saturated heterocycles. The maximum absolute atomic E-state index is 11.9. The second-order valence-electron chi connectivity index (χ2n) is 3.39.